The molecule has 4 rings (SSSR count). The van der Waals surface area contributed by atoms with Crippen LogP contribution in [-0.4, -0.2) is 61.4 Å². The number of nitrogens with zero attached hydrogens (tertiary/aromatic N) is 2. The van der Waals surface area contributed by atoms with E-state index in [2.05, 4.69) is 5.32 Å². The number of methoxy groups -OCH3 is 1. The Morgan fingerprint density at radius 2 is 1.91 bits per heavy atom. The van der Waals surface area contributed by atoms with Gasteiger partial charge in [-0.1, -0.05) is 31.4 Å². The largest absolute Gasteiger partial charge is 0.454 e. The fraction of sp³-hybridized carbons (Fsp3) is 0.520. The Bertz CT molecular complexity index is 946. The van der Waals surface area contributed by atoms with Gasteiger partial charge in [0.05, 0.1) is 13.2 Å². The molecule has 2 heterocycles. The van der Waals surface area contributed by atoms with E-state index < -0.39 is 0 Å². The van der Waals surface area contributed by atoms with E-state index in [1.54, 1.807) is 28.2 Å². The summed E-state index contributed by atoms with van der Waals surface area (Å²) < 4.78 is 16.1. The van der Waals surface area contributed by atoms with E-state index in [-0.39, 0.29) is 31.3 Å². The molecule has 0 spiro atoms. The summed E-state index contributed by atoms with van der Waals surface area (Å²) >= 11 is 1.61. The monoisotopic (exact) mass is 487 g/mol. The van der Waals surface area contributed by atoms with Gasteiger partial charge in [-0.15, -0.1) is 11.3 Å². The zero-order chi connectivity index (χ0) is 23.8. The van der Waals surface area contributed by atoms with Gasteiger partial charge in [-0.2, -0.15) is 0 Å². The van der Waals surface area contributed by atoms with Crippen LogP contribution < -0.4 is 14.8 Å². The maximum atomic E-state index is 13.5. The highest BCUT2D eigenvalue weighted by Gasteiger charge is 2.25. The number of hydrogen-bond donors (Lipinski definition) is 1. The molecule has 1 aliphatic carbocycles. The predicted molar refractivity (Wildman–Crippen MR) is 130 cm³/mol. The van der Waals surface area contributed by atoms with Crippen LogP contribution in [-0.2, 0) is 22.6 Å². The second-order valence-electron chi connectivity index (χ2n) is 8.72. The van der Waals surface area contributed by atoms with Crippen molar-refractivity contribution in [1.82, 2.24) is 15.1 Å². The number of hydrogen-bond acceptors (Lipinski definition) is 6. The molecule has 34 heavy (non-hydrogen) atoms. The summed E-state index contributed by atoms with van der Waals surface area (Å²) in [5.74, 6) is 1.29. The first kappa shape index (κ1) is 24.3. The van der Waals surface area contributed by atoms with Crippen LogP contribution in [0.25, 0.3) is 0 Å². The summed E-state index contributed by atoms with van der Waals surface area (Å²) in [6.07, 6.45) is 5.47. The molecular weight excluding hydrogens is 454 g/mol. The Labute approximate surface area is 204 Å². The van der Waals surface area contributed by atoms with Gasteiger partial charge in [-0.25, -0.2) is 4.79 Å². The van der Waals surface area contributed by atoms with Gasteiger partial charge in [0.1, 0.15) is 6.54 Å². The first-order chi connectivity index (χ1) is 16.6. The smallest absolute Gasteiger partial charge is 0.318 e. The van der Waals surface area contributed by atoms with Crippen molar-refractivity contribution in [3.8, 4) is 11.5 Å². The van der Waals surface area contributed by atoms with Crippen molar-refractivity contribution in [2.24, 2.45) is 0 Å². The molecule has 8 nitrogen and oxygen atoms in total. The van der Waals surface area contributed by atoms with Crippen molar-refractivity contribution >= 4 is 23.3 Å². The number of rotatable bonds is 10. The second-order valence-corrected chi connectivity index (χ2v) is 9.75. The molecule has 0 atom stereocenters. The average molecular weight is 488 g/mol. The van der Waals surface area contributed by atoms with Crippen LogP contribution in [0.5, 0.6) is 11.5 Å². The lowest BCUT2D eigenvalue weighted by molar-refractivity contribution is -0.133. The molecule has 1 aliphatic heterocycles. The van der Waals surface area contributed by atoms with Crippen molar-refractivity contribution in [1.29, 1.82) is 0 Å². The minimum absolute atomic E-state index is 0.00214. The Morgan fingerprint density at radius 1 is 1.09 bits per heavy atom. The zero-order valence-electron chi connectivity index (χ0n) is 19.7. The molecule has 1 saturated carbocycles. The number of nitrogens with one attached hydrogen (secondary N) is 1. The van der Waals surface area contributed by atoms with Crippen molar-refractivity contribution < 1.29 is 23.8 Å². The molecule has 3 amide bonds. The van der Waals surface area contributed by atoms with Gasteiger partial charge < -0.3 is 29.3 Å². The highest BCUT2D eigenvalue weighted by Crippen LogP contribution is 2.33. The van der Waals surface area contributed by atoms with Crippen LogP contribution >= 0.6 is 11.3 Å². The lowest BCUT2D eigenvalue weighted by Crippen LogP contribution is -2.50. The SMILES string of the molecule is COCCN(CC(=O)N(Cc1ccc2c(c1)OCO2)Cc1cccs1)C(=O)NC1CCCCC1. The van der Waals surface area contributed by atoms with E-state index in [0.29, 0.717) is 37.7 Å². The second kappa shape index (κ2) is 12.1. The molecule has 9 heteroatoms. The summed E-state index contributed by atoms with van der Waals surface area (Å²) in [6.45, 7) is 1.83. The van der Waals surface area contributed by atoms with Crippen molar-refractivity contribution in [3.63, 3.8) is 0 Å². The molecule has 2 aliphatic rings. The van der Waals surface area contributed by atoms with Crippen LogP contribution in [0.15, 0.2) is 35.7 Å². The summed E-state index contributed by atoms with van der Waals surface area (Å²) in [4.78, 5) is 31.0. The predicted octanol–water partition coefficient (Wildman–Crippen LogP) is 4.00. The maximum Gasteiger partial charge on any atom is 0.318 e. The van der Waals surface area contributed by atoms with E-state index in [1.165, 1.54) is 6.42 Å². The highest BCUT2D eigenvalue weighted by atomic mass is 32.1. The lowest BCUT2D eigenvalue weighted by Gasteiger charge is -2.30. The average Bonchev–Trinajstić information content (AvgIpc) is 3.53. The third kappa shape index (κ3) is 6.64. The summed E-state index contributed by atoms with van der Waals surface area (Å²) in [7, 11) is 1.60. The fourth-order valence-electron chi connectivity index (χ4n) is 4.31. The summed E-state index contributed by atoms with van der Waals surface area (Å²) in [5, 5.41) is 5.13. The Kier molecular flexibility index (Phi) is 8.65. The molecule has 1 aromatic carbocycles. The van der Waals surface area contributed by atoms with Crippen LogP contribution in [0.4, 0.5) is 4.79 Å². The van der Waals surface area contributed by atoms with Gasteiger partial charge in [-0.3, -0.25) is 4.79 Å². The number of ether oxygens (including phenoxy) is 3. The Balaban J connectivity index is 1.45. The van der Waals surface area contributed by atoms with Crippen LogP contribution in [0.1, 0.15) is 42.5 Å². The number of carbonyl (C=O) groups excluding carboxylic acids is 2. The third-order valence-corrected chi connectivity index (χ3v) is 7.06. The van der Waals surface area contributed by atoms with Crippen molar-refractivity contribution in [3.05, 3.63) is 46.2 Å². The van der Waals surface area contributed by atoms with Crippen LogP contribution in [0.2, 0.25) is 0 Å². The topological polar surface area (TPSA) is 80.3 Å². The molecule has 2 aromatic rings. The first-order valence-corrected chi connectivity index (χ1v) is 12.7. The van der Waals surface area contributed by atoms with Gasteiger partial charge in [0.25, 0.3) is 0 Å². The first-order valence-electron chi connectivity index (χ1n) is 11.9. The number of carbonyl (C=O) groups is 2. The zero-order valence-corrected chi connectivity index (χ0v) is 20.5. The van der Waals surface area contributed by atoms with Gasteiger partial charge in [-0.05, 0) is 42.0 Å². The summed E-state index contributed by atoms with van der Waals surface area (Å²) in [6, 6.07) is 9.70. The molecule has 0 radical (unpaired) electrons. The molecule has 0 unspecified atom stereocenters. The molecule has 0 saturated heterocycles. The third-order valence-electron chi connectivity index (χ3n) is 6.20. The highest BCUT2D eigenvalue weighted by molar-refractivity contribution is 7.09. The van der Waals surface area contributed by atoms with Crippen molar-refractivity contribution in [2.75, 3.05) is 33.6 Å². The van der Waals surface area contributed by atoms with E-state index >= 15 is 0 Å². The normalized spacial score (nSPS) is 15.2. The van der Waals surface area contributed by atoms with Gasteiger partial charge in [0.2, 0.25) is 12.7 Å². The lowest BCUT2D eigenvalue weighted by atomic mass is 9.96. The maximum absolute atomic E-state index is 13.5. The molecule has 1 aromatic heterocycles. The number of thiophene rings is 1. The number of amides is 3. The number of fused-ring (bicyclic) bond motifs is 1. The molecule has 184 valence electrons. The Morgan fingerprint density at radius 3 is 2.68 bits per heavy atom. The standard InChI is InChI=1S/C25H33N3O5S/c1-31-12-11-27(25(30)26-20-6-3-2-4-7-20)17-24(29)28(16-21-8-5-13-34-21)15-19-9-10-22-23(14-19)33-18-32-22/h5,8-10,13-14,20H,2-4,6-7,11-12,15-18H2,1H3,(H,26,30). The minimum atomic E-state index is -0.198. The fourth-order valence-corrected chi connectivity index (χ4v) is 5.03. The molecule has 1 fully saturated rings. The van der Waals surface area contributed by atoms with Crippen LogP contribution in [0.3, 0.4) is 0 Å². The van der Waals surface area contributed by atoms with Crippen LogP contribution in [0, 0.1) is 0 Å². The van der Waals surface area contributed by atoms with Gasteiger partial charge in [0.15, 0.2) is 11.5 Å². The quantitative estimate of drug-likeness (QED) is 0.548. The van der Waals surface area contributed by atoms with E-state index in [9.17, 15) is 9.59 Å². The number of benzene rings is 1. The van der Waals surface area contributed by atoms with Crippen molar-refractivity contribution in [2.45, 2.75) is 51.2 Å². The van der Waals surface area contributed by atoms with E-state index in [4.69, 9.17) is 14.2 Å². The Hall–Kier alpha value is -2.78. The molecule has 0 bridgehead atoms. The molecular formula is C25H33N3O5S. The van der Waals surface area contributed by atoms with Gasteiger partial charge in [0, 0.05) is 31.1 Å². The van der Waals surface area contributed by atoms with E-state index in [1.807, 2.05) is 35.7 Å². The van der Waals surface area contributed by atoms with Gasteiger partial charge >= 0.3 is 6.03 Å². The van der Waals surface area contributed by atoms with E-state index in [0.717, 1.165) is 36.1 Å². The number of urea groups is 1. The molecule has 1 N–H and O–H groups in total. The minimum Gasteiger partial charge on any atom is -0.454 e. The summed E-state index contributed by atoms with van der Waals surface area (Å²) in [5.41, 5.74) is 0.948.